The van der Waals surface area contributed by atoms with E-state index in [1.807, 2.05) is 62.4 Å². The van der Waals surface area contributed by atoms with Crippen molar-refractivity contribution < 1.29 is 23.9 Å². The molecular weight excluding hydrogens is 611 g/mol. The molecule has 39 heavy (non-hydrogen) atoms. The Balaban J connectivity index is 1.56. The Morgan fingerprint density at radius 3 is 2.28 bits per heavy atom. The van der Waals surface area contributed by atoms with Crippen molar-refractivity contribution in [3.63, 3.8) is 0 Å². The molecule has 0 saturated carbocycles. The van der Waals surface area contributed by atoms with Gasteiger partial charge in [0, 0.05) is 12.2 Å². The van der Waals surface area contributed by atoms with Crippen LogP contribution >= 0.6 is 22.6 Å². The third-order valence-electron chi connectivity index (χ3n) is 5.48. The second kappa shape index (κ2) is 14.9. The first-order valence-electron chi connectivity index (χ1n) is 12.4. The van der Waals surface area contributed by atoms with E-state index in [0.717, 1.165) is 17.5 Å². The Kier molecular flexibility index (Phi) is 11.3. The number of aryl methyl sites for hydroxylation is 2. The zero-order valence-corrected chi connectivity index (χ0v) is 24.2. The van der Waals surface area contributed by atoms with Crippen molar-refractivity contribution in [1.29, 1.82) is 0 Å². The van der Waals surface area contributed by atoms with Gasteiger partial charge in [-0.1, -0.05) is 48.9 Å². The summed E-state index contributed by atoms with van der Waals surface area (Å²) < 4.78 is 12.2. The number of ether oxygens (including phenoxy) is 2. The summed E-state index contributed by atoms with van der Waals surface area (Å²) in [4.78, 5) is 36.6. The van der Waals surface area contributed by atoms with Crippen LogP contribution in [-0.4, -0.2) is 37.1 Å². The highest BCUT2D eigenvalue weighted by molar-refractivity contribution is 14.1. The van der Waals surface area contributed by atoms with Gasteiger partial charge in [0.15, 0.2) is 18.1 Å². The van der Waals surface area contributed by atoms with Crippen molar-refractivity contribution in [2.45, 2.75) is 33.7 Å². The van der Waals surface area contributed by atoms with Gasteiger partial charge in [0.25, 0.3) is 5.91 Å². The number of nitrogens with zero attached hydrogens (tertiary/aromatic N) is 1. The Morgan fingerprint density at radius 1 is 0.923 bits per heavy atom. The number of carbonyl (C=O) groups is 3. The van der Waals surface area contributed by atoms with Crippen molar-refractivity contribution in [3.8, 4) is 11.5 Å². The van der Waals surface area contributed by atoms with E-state index in [-0.39, 0.29) is 19.1 Å². The van der Waals surface area contributed by atoms with E-state index in [2.05, 4.69) is 50.7 Å². The van der Waals surface area contributed by atoms with Crippen LogP contribution < -0.4 is 25.5 Å². The molecule has 0 spiro atoms. The zero-order chi connectivity index (χ0) is 28.2. The highest BCUT2D eigenvalue weighted by Gasteiger charge is 2.15. The summed E-state index contributed by atoms with van der Waals surface area (Å²) in [6.45, 7) is 6.28. The number of benzene rings is 3. The lowest BCUT2D eigenvalue weighted by atomic mass is 10.1. The summed E-state index contributed by atoms with van der Waals surface area (Å²) in [5.74, 6) is -1.13. The fourth-order valence-corrected chi connectivity index (χ4v) is 4.19. The SMILES string of the molecule is CCOc1cc(/C=N\NC(=O)C(=O)NCc2ccc(C)cc2)cc(I)c1OCC(=O)Nc1ccc(CC)cc1. The fraction of sp³-hybridized carbons (Fsp3) is 0.241. The lowest BCUT2D eigenvalue weighted by molar-refractivity contribution is -0.139. The average Bonchev–Trinajstić information content (AvgIpc) is 2.92. The van der Waals surface area contributed by atoms with E-state index in [1.165, 1.54) is 11.8 Å². The van der Waals surface area contributed by atoms with Crippen molar-refractivity contribution >= 4 is 52.2 Å². The van der Waals surface area contributed by atoms with Crippen molar-refractivity contribution in [1.82, 2.24) is 10.7 Å². The Bertz CT molecular complexity index is 1320. The number of anilines is 1. The van der Waals surface area contributed by atoms with Gasteiger partial charge in [-0.2, -0.15) is 5.10 Å². The molecule has 0 fully saturated rings. The number of hydrogen-bond acceptors (Lipinski definition) is 6. The molecule has 0 aliphatic carbocycles. The van der Waals surface area contributed by atoms with Gasteiger partial charge < -0.3 is 20.1 Å². The standard InChI is InChI=1S/C29H31IN4O5/c1-4-20-10-12-23(13-11-20)33-26(35)18-39-27-24(30)14-22(15-25(27)38-5-2)17-32-34-29(37)28(36)31-16-21-8-6-19(3)7-9-21/h6-15,17H,4-5,16,18H2,1-3H3,(H,31,36)(H,33,35)(H,34,37)/b32-17-. The molecule has 0 saturated heterocycles. The van der Waals surface area contributed by atoms with Crippen LogP contribution in [0.1, 0.15) is 36.1 Å². The van der Waals surface area contributed by atoms with Gasteiger partial charge in [0.2, 0.25) is 0 Å². The molecule has 9 nitrogen and oxygen atoms in total. The van der Waals surface area contributed by atoms with Crippen molar-refractivity contribution in [2.24, 2.45) is 5.10 Å². The van der Waals surface area contributed by atoms with Crippen LogP contribution in [0.5, 0.6) is 11.5 Å². The first-order valence-corrected chi connectivity index (χ1v) is 13.5. The first-order chi connectivity index (χ1) is 18.8. The van der Waals surface area contributed by atoms with Gasteiger partial charge in [0.05, 0.1) is 16.4 Å². The number of rotatable bonds is 11. The van der Waals surface area contributed by atoms with Crippen LogP contribution in [0.2, 0.25) is 0 Å². The van der Waals surface area contributed by atoms with Gasteiger partial charge in [-0.15, -0.1) is 0 Å². The Labute approximate surface area is 241 Å². The van der Waals surface area contributed by atoms with Crippen LogP contribution in [0.4, 0.5) is 5.69 Å². The van der Waals surface area contributed by atoms with E-state index < -0.39 is 11.8 Å². The van der Waals surface area contributed by atoms with E-state index in [4.69, 9.17) is 9.47 Å². The highest BCUT2D eigenvalue weighted by Crippen LogP contribution is 2.34. The quantitative estimate of drug-likeness (QED) is 0.125. The molecule has 3 aromatic rings. The second-order valence-corrected chi connectivity index (χ2v) is 9.68. The first kappa shape index (κ1) is 29.6. The van der Waals surface area contributed by atoms with Gasteiger partial charge in [0.1, 0.15) is 0 Å². The molecule has 0 aliphatic rings. The molecule has 0 heterocycles. The van der Waals surface area contributed by atoms with E-state index >= 15 is 0 Å². The molecule has 204 valence electrons. The summed E-state index contributed by atoms with van der Waals surface area (Å²) in [7, 11) is 0. The van der Waals surface area contributed by atoms with E-state index in [0.29, 0.717) is 32.9 Å². The molecule has 0 radical (unpaired) electrons. The number of carbonyl (C=O) groups excluding carboxylic acids is 3. The Hall–Kier alpha value is -3.93. The van der Waals surface area contributed by atoms with E-state index in [1.54, 1.807) is 12.1 Å². The third kappa shape index (κ3) is 9.40. The molecule has 3 amide bonds. The lowest BCUT2D eigenvalue weighted by Gasteiger charge is -2.14. The molecule has 0 aliphatic heterocycles. The summed E-state index contributed by atoms with van der Waals surface area (Å²) in [6, 6.07) is 18.7. The van der Waals surface area contributed by atoms with Crippen LogP contribution in [0.3, 0.4) is 0 Å². The van der Waals surface area contributed by atoms with E-state index in [9.17, 15) is 14.4 Å². The summed E-state index contributed by atoms with van der Waals surface area (Å²) in [5, 5.41) is 9.26. The van der Waals surface area contributed by atoms with Crippen molar-refractivity contribution in [2.75, 3.05) is 18.5 Å². The molecule has 0 atom stereocenters. The minimum absolute atomic E-state index is 0.202. The van der Waals surface area contributed by atoms with Crippen LogP contribution in [0.25, 0.3) is 0 Å². The van der Waals surface area contributed by atoms with Gasteiger partial charge >= 0.3 is 11.8 Å². The summed E-state index contributed by atoms with van der Waals surface area (Å²) in [6.07, 6.45) is 2.32. The number of hydrazone groups is 1. The third-order valence-corrected chi connectivity index (χ3v) is 6.29. The molecule has 0 aromatic heterocycles. The summed E-state index contributed by atoms with van der Waals surface area (Å²) >= 11 is 2.07. The topological polar surface area (TPSA) is 118 Å². The maximum atomic E-state index is 12.4. The molecule has 3 rings (SSSR count). The second-order valence-electron chi connectivity index (χ2n) is 8.52. The predicted molar refractivity (Wildman–Crippen MR) is 159 cm³/mol. The van der Waals surface area contributed by atoms with Gasteiger partial charge in [-0.3, -0.25) is 14.4 Å². The molecular formula is C29H31IN4O5. The van der Waals surface area contributed by atoms with Crippen LogP contribution in [0, 0.1) is 10.5 Å². The predicted octanol–water partition coefficient (Wildman–Crippen LogP) is 4.34. The number of amides is 3. The number of halogens is 1. The van der Waals surface area contributed by atoms with Gasteiger partial charge in [-0.05, 0) is 83.8 Å². The molecule has 0 bridgehead atoms. The normalized spacial score (nSPS) is 10.7. The maximum absolute atomic E-state index is 12.4. The van der Waals surface area contributed by atoms with Crippen molar-refractivity contribution in [3.05, 3.63) is 86.5 Å². The fourth-order valence-electron chi connectivity index (χ4n) is 3.41. The minimum Gasteiger partial charge on any atom is -0.490 e. The molecule has 3 aromatic carbocycles. The number of nitrogens with one attached hydrogen (secondary N) is 3. The lowest BCUT2D eigenvalue weighted by Crippen LogP contribution is -2.37. The van der Waals surface area contributed by atoms with Gasteiger partial charge in [-0.25, -0.2) is 5.43 Å². The highest BCUT2D eigenvalue weighted by atomic mass is 127. The summed E-state index contributed by atoms with van der Waals surface area (Å²) in [5.41, 5.74) is 6.70. The molecule has 10 heteroatoms. The smallest absolute Gasteiger partial charge is 0.329 e. The monoisotopic (exact) mass is 642 g/mol. The molecule has 3 N–H and O–H groups in total. The maximum Gasteiger partial charge on any atom is 0.329 e. The largest absolute Gasteiger partial charge is 0.490 e. The Morgan fingerprint density at radius 2 is 1.62 bits per heavy atom. The average molecular weight is 642 g/mol. The van der Waals surface area contributed by atoms with Crippen LogP contribution in [-0.2, 0) is 27.3 Å². The number of hydrogen-bond donors (Lipinski definition) is 3. The molecule has 0 unspecified atom stereocenters. The zero-order valence-electron chi connectivity index (χ0n) is 22.0. The minimum atomic E-state index is -0.881. The van der Waals surface area contributed by atoms with Crippen LogP contribution in [0.15, 0.2) is 65.8 Å².